The van der Waals surface area contributed by atoms with Crippen molar-refractivity contribution in [3.8, 4) is 0 Å². The summed E-state index contributed by atoms with van der Waals surface area (Å²) in [5.41, 5.74) is 0. The first-order chi connectivity index (χ1) is 6.65. The molecule has 76 valence electrons. The molecule has 1 aliphatic rings. The number of nitrogens with zero attached hydrogens (tertiary/aromatic N) is 3. The van der Waals surface area contributed by atoms with Gasteiger partial charge in [-0.1, -0.05) is 0 Å². The number of aryl methyl sites for hydroxylation is 1. The normalized spacial score (nSPS) is 21.6. The van der Waals surface area contributed by atoms with Crippen LogP contribution in [0.5, 0.6) is 0 Å². The molecule has 1 aromatic heterocycles. The summed E-state index contributed by atoms with van der Waals surface area (Å²) >= 11 is 2.18. The molecule has 4 nitrogen and oxygen atoms in total. The zero-order valence-corrected chi connectivity index (χ0v) is 10.1. The number of aromatic nitrogens is 2. The largest absolute Gasteiger partial charge is 0.391 e. The fourth-order valence-electron chi connectivity index (χ4n) is 1.63. The van der Waals surface area contributed by atoms with Crippen LogP contribution in [0.3, 0.4) is 0 Å². The zero-order valence-electron chi connectivity index (χ0n) is 7.94. The van der Waals surface area contributed by atoms with E-state index >= 15 is 0 Å². The van der Waals surface area contributed by atoms with E-state index in [1.807, 2.05) is 13.0 Å². The number of hydrogen-bond acceptors (Lipinski definition) is 4. The number of halogens is 1. The van der Waals surface area contributed by atoms with E-state index in [1.165, 1.54) is 0 Å². The molecule has 0 saturated carbocycles. The molecular weight excluding hydrogens is 293 g/mol. The van der Waals surface area contributed by atoms with Crippen LogP contribution in [-0.4, -0.2) is 34.3 Å². The lowest BCUT2D eigenvalue weighted by atomic mass is 10.3. The van der Waals surface area contributed by atoms with Gasteiger partial charge in [-0.25, -0.2) is 9.97 Å². The minimum atomic E-state index is -0.206. The summed E-state index contributed by atoms with van der Waals surface area (Å²) in [6.45, 7) is 3.46. The lowest BCUT2D eigenvalue weighted by molar-refractivity contribution is 0.198. The summed E-state index contributed by atoms with van der Waals surface area (Å²) in [4.78, 5) is 10.7. The van der Waals surface area contributed by atoms with E-state index in [2.05, 4.69) is 37.5 Å². The highest BCUT2D eigenvalue weighted by atomic mass is 127. The van der Waals surface area contributed by atoms with Gasteiger partial charge in [-0.2, -0.15) is 0 Å². The highest BCUT2D eigenvalue weighted by Crippen LogP contribution is 2.19. The number of rotatable bonds is 1. The Morgan fingerprint density at radius 3 is 2.93 bits per heavy atom. The molecule has 1 fully saturated rings. The fourth-order valence-corrected chi connectivity index (χ4v) is 2.26. The lowest BCUT2D eigenvalue weighted by Gasteiger charge is -2.16. The maximum atomic E-state index is 9.41. The van der Waals surface area contributed by atoms with Crippen LogP contribution < -0.4 is 4.90 Å². The van der Waals surface area contributed by atoms with Crippen molar-refractivity contribution >= 4 is 28.4 Å². The molecule has 14 heavy (non-hydrogen) atoms. The molecule has 1 aromatic rings. The summed E-state index contributed by atoms with van der Waals surface area (Å²) in [6, 6.07) is 1.95. The van der Waals surface area contributed by atoms with E-state index in [0.717, 1.165) is 28.3 Å². The van der Waals surface area contributed by atoms with Gasteiger partial charge < -0.3 is 10.0 Å². The first kappa shape index (κ1) is 10.1. The second-order valence-corrected chi connectivity index (χ2v) is 4.59. The van der Waals surface area contributed by atoms with Crippen LogP contribution in [-0.2, 0) is 0 Å². The van der Waals surface area contributed by atoms with Crippen molar-refractivity contribution in [1.82, 2.24) is 9.97 Å². The third kappa shape index (κ3) is 2.14. The Kier molecular flexibility index (Phi) is 2.87. The van der Waals surface area contributed by atoms with Gasteiger partial charge in [0.2, 0.25) is 0 Å². The van der Waals surface area contributed by atoms with Crippen molar-refractivity contribution in [1.29, 1.82) is 0 Å². The van der Waals surface area contributed by atoms with Gasteiger partial charge in [0.25, 0.3) is 0 Å². The quantitative estimate of drug-likeness (QED) is 0.620. The van der Waals surface area contributed by atoms with E-state index in [1.54, 1.807) is 0 Å². The molecule has 1 N–H and O–H groups in total. The topological polar surface area (TPSA) is 49.2 Å². The fraction of sp³-hybridized carbons (Fsp3) is 0.556. The average molecular weight is 305 g/mol. The van der Waals surface area contributed by atoms with Gasteiger partial charge in [0.15, 0.2) is 0 Å². The molecule has 0 bridgehead atoms. The average Bonchev–Trinajstić information content (AvgIpc) is 2.50. The number of hydrogen-bond donors (Lipinski definition) is 1. The molecule has 0 radical (unpaired) electrons. The molecule has 0 spiro atoms. The maximum absolute atomic E-state index is 9.41. The second-order valence-electron chi connectivity index (χ2n) is 3.48. The Morgan fingerprint density at radius 1 is 1.57 bits per heavy atom. The molecule has 0 aromatic carbocycles. The minimum Gasteiger partial charge on any atom is -0.391 e. The van der Waals surface area contributed by atoms with Crippen LogP contribution in [0.25, 0.3) is 0 Å². The van der Waals surface area contributed by atoms with Gasteiger partial charge in [-0.05, 0) is 35.9 Å². The molecule has 1 atom stereocenters. The molecule has 2 heterocycles. The Hall–Kier alpha value is -0.430. The Balaban J connectivity index is 2.23. The monoisotopic (exact) mass is 305 g/mol. The van der Waals surface area contributed by atoms with Crippen LogP contribution in [0.15, 0.2) is 6.07 Å². The van der Waals surface area contributed by atoms with Crippen molar-refractivity contribution in [2.75, 3.05) is 18.0 Å². The van der Waals surface area contributed by atoms with Gasteiger partial charge in [0.1, 0.15) is 15.3 Å². The van der Waals surface area contributed by atoms with Crippen LogP contribution in [0, 0.1) is 10.6 Å². The third-order valence-corrected chi connectivity index (χ3v) is 2.83. The Bertz CT molecular complexity index is 325. The van der Waals surface area contributed by atoms with Crippen molar-refractivity contribution in [2.45, 2.75) is 19.4 Å². The Labute approximate surface area is 96.5 Å². The predicted octanol–water partition coefficient (Wildman–Crippen LogP) is 0.961. The van der Waals surface area contributed by atoms with Crippen LogP contribution >= 0.6 is 22.6 Å². The van der Waals surface area contributed by atoms with Crippen LogP contribution in [0.2, 0.25) is 0 Å². The van der Waals surface area contributed by atoms with Gasteiger partial charge in [-0.15, -0.1) is 0 Å². The zero-order chi connectivity index (χ0) is 10.1. The number of aliphatic hydroxyl groups is 1. The number of aliphatic hydroxyl groups excluding tert-OH is 1. The van der Waals surface area contributed by atoms with Crippen LogP contribution in [0.4, 0.5) is 5.82 Å². The van der Waals surface area contributed by atoms with E-state index in [-0.39, 0.29) is 6.10 Å². The standard InChI is InChI=1S/C9H12IN3O/c1-6-11-8(10)4-9(12-6)13-3-2-7(14)5-13/h4,7,14H,2-3,5H2,1H3/t7-/m0/s1. The summed E-state index contributed by atoms with van der Waals surface area (Å²) < 4.78 is 0.950. The molecule has 1 saturated heterocycles. The minimum absolute atomic E-state index is 0.206. The number of anilines is 1. The first-order valence-electron chi connectivity index (χ1n) is 4.59. The SMILES string of the molecule is Cc1nc(I)cc(N2CC[C@H](O)C2)n1. The van der Waals surface area contributed by atoms with Crippen molar-refractivity contribution in [2.24, 2.45) is 0 Å². The van der Waals surface area contributed by atoms with Crippen molar-refractivity contribution in [3.63, 3.8) is 0 Å². The highest BCUT2D eigenvalue weighted by molar-refractivity contribution is 14.1. The molecule has 5 heteroatoms. The summed E-state index contributed by atoms with van der Waals surface area (Å²) in [5, 5.41) is 9.41. The highest BCUT2D eigenvalue weighted by Gasteiger charge is 2.21. The van der Waals surface area contributed by atoms with Crippen molar-refractivity contribution < 1.29 is 5.11 Å². The van der Waals surface area contributed by atoms with E-state index in [4.69, 9.17) is 0 Å². The van der Waals surface area contributed by atoms with E-state index < -0.39 is 0 Å². The third-order valence-electron chi connectivity index (χ3n) is 2.28. The van der Waals surface area contributed by atoms with Crippen LogP contribution in [0.1, 0.15) is 12.2 Å². The van der Waals surface area contributed by atoms with Gasteiger partial charge in [0.05, 0.1) is 6.10 Å². The van der Waals surface area contributed by atoms with Gasteiger partial charge >= 0.3 is 0 Å². The summed E-state index contributed by atoms with van der Waals surface area (Å²) in [5.74, 6) is 1.71. The predicted molar refractivity (Wildman–Crippen MR) is 62.3 cm³/mol. The van der Waals surface area contributed by atoms with Gasteiger partial charge in [0, 0.05) is 19.2 Å². The molecule has 1 aliphatic heterocycles. The van der Waals surface area contributed by atoms with Crippen molar-refractivity contribution in [3.05, 3.63) is 15.6 Å². The maximum Gasteiger partial charge on any atom is 0.133 e. The molecule has 2 rings (SSSR count). The smallest absolute Gasteiger partial charge is 0.133 e. The summed E-state index contributed by atoms with van der Waals surface area (Å²) in [7, 11) is 0. The lowest BCUT2D eigenvalue weighted by Crippen LogP contribution is -2.22. The summed E-state index contributed by atoms with van der Waals surface area (Å²) in [6.07, 6.45) is 0.627. The molecule has 0 unspecified atom stereocenters. The molecule has 0 amide bonds. The first-order valence-corrected chi connectivity index (χ1v) is 5.67. The molecular formula is C9H12IN3O. The number of β-amino-alcohol motifs (C(OH)–C–C–N with tert-alkyl or cyclic N) is 1. The Morgan fingerprint density at radius 2 is 2.36 bits per heavy atom. The van der Waals surface area contributed by atoms with E-state index in [9.17, 15) is 5.11 Å². The van der Waals surface area contributed by atoms with Gasteiger partial charge in [-0.3, -0.25) is 0 Å². The molecule has 0 aliphatic carbocycles. The van der Waals surface area contributed by atoms with E-state index in [0.29, 0.717) is 6.54 Å². The second kappa shape index (κ2) is 3.98.